The zero-order valence-electron chi connectivity index (χ0n) is 17.2. The van der Waals surface area contributed by atoms with E-state index in [9.17, 15) is 8.42 Å². The summed E-state index contributed by atoms with van der Waals surface area (Å²) in [5.74, 6) is 0.914. The quantitative estimate of drug-likeness (QED) is 0.559. The first-order valence-electron chi connectivity index (χ1n) is 9.23. The van der Waals surface area contributed by atoms with Gasteiger partial charge in [0.25, 0.3) is 0 Å². The van der Waals surface area contributed by atoms with Crippen LogP contribution in [0.4, 0.5) is 5.95 Å². The molecule has 2 aromatic heterocycles. The lowest BCUT2D eigenvalue weighted by Gasteiger charge is -2.23. The SMILES string of the molecule is CCC(CC)n1c(COC)nnc1NS(=O)(=O)C(C)C(OC)c1ncc(Cl)cn1. The summed E-state index contributed by atoms with van der Waals surface area (Å²) in [5.41, 5.74) is 0. The van der Waals surface area contributed by atoms with Gasteiger partial charge in [0.1, 0.15) is 18.0 Å². The van der Waals surface area contributed by atoms with Gasteiger partial charge in [-0.1, -0.05) is 25.4 Å². The van der Waals surface area contributed by atoms with Crippen LogP contribution in [0.15, 0.2) is 12.4 Å². The number of methoxy groups -OCH3 is 2. The molecule has 12 heteroatoms. The lowest BCUT2D eigenvalue weighted by atomic mass is 10.1. The van der Waals surface area contributed by atoms with E-state index in [1.807, 2.05) is 13.8 Å². The first-order valence-corrected chi connectivity index (χ1v) is 11.2. The third-order valence-corrected chi connectivity index (χ3v) is 6.53. The molecule has 0 aliphatic carbocycles. The molecule has 0 bridgehead atoms. The molecular formula is C17H27ClN6O4S. The molecule has 0 saturated heterocycles. The summed E-state index contributed by atoms with van der Waals surface area (Å²) in [7, 11) is -0.960. The number of hydrogen-bond donors (Lipinski definition) is 1. The summed E-state index contributed by atoms with van der Waals surface area (Å²) in [5, 5.41) is 7.47. The second-order valence-electron chi connectivity index (χ2n) is 6.48. The molecule has 0 saturated carbocycles. The van der Waals surface area contributed by atoms with Crippen LogP contribution in [0.25, 0.3) is 0 Å². The van der Waals surface area contributed by atoms with Crippen molar-refractivity contribution in [3.05, 3.63) is 29.1 Å². The Labute approximate surface area is 176 Å². The summed E-state index contributed by atoms with van der Waals surface area (Å²) < 4.78 is 41.0. The van der Waals surface area contributed by atoms with Gasteiger partial charge in [-0.3, -0.25) is 9.29 Å². The van der Waals surface area contributed by atoms with Crippen molar-refractivity contribution in [3.8, 4) is 0 Å². The molecule has 2 atom stereocenters. The van der Waals surface area contributed by atoms with Crippen molar-refractivity contribution in [2.45, 2.75) is 57.6 Å². The van der Waals surface area contributed by atoms with Gasteiger partial charge in [0.05, 0.1) is 5.02 Å². The highest BCUT2D eigenvalue weighted by atomic mass is 35.5. The Morgan fingerprint density at radius 3 is 2.31 bits per heavy atom. The summed E-state index contributed by atoms with van der Waals surface area (Å²) in [4.78, 5) is 8.16. The fraction of sp³-hybridized carbons (Fsp3) is 0.647. The Balaban J connectivity index is 2.35. The number of aromatic nitrogens is 5. The normalized spacial score (nSPS) is 14.2. The highest BCUT2D eigenvalue weighted by molar-refractivity contribution is 7.93. The Bertz CT molecular complexity index is 886. The summed E-state index contributed by atoms with van der Waals surface area (Å²) >= 11 is 5.81. The number of nitrogens with one attached hydrogen (secondary N) is 1. The van der Waals surface area contributed by atoms with E-state index in [1.54, 1.807) is 11.7 Å². The average molecular weight is 447 g/mol. The molecule has 162 valence electrons. The predicted octanol–water partition coefficient (Wildman–Crippen LogP) is 2.75. The van der Waals surface area contributed by atoms with Crippen LogP contribution in [-0.4, -0.2) is 52.6 Å². The van der Waals surface area contributed by atoms with Crippen molar-refractivity contribution >= 4 is 27.6 Å². The highest BCUT2D eigenvalue weighted by Gasteiger charge is 2.34. The van der Waals surface area contributed by atoms with E-state index in [-0.39, 0.29) is 24.4 Å². The molecule has 0 aliphatic rings. The number of sulfonamides is 1. The third-order valence-electron chi connectivity index (χ3n) is 4.65. The summed E-state index contributed by atoms with van der Waals surface area (Å²) in [6, 6.07) is 0.0287. The summed E-state index contributed by atoms with van der Waals surface area (Å²) in [6.45, 7) is 5.78. The molecule has 2 heterocycles. The van der Waals surface area contributed by atoms with Crippen LogP contribution in [-0.2, 0) is 26.1 Å². The third kappa shape index (κ3) is 5.41. The van der Waals surface area contributed by atoms with E-state index in [2.05, 4.69) is 24.9 Å². The molecule has 0 radical (unpaired) electrons. The fourth-order valence-electron chi connectivity index (χ4n) is 3.02. The Hall–Kier alpha value is -1.82. The molecule has 2 unspecified atom stereocenters. The first kappa shape index (κ1) is 23.5. The van der Waals surface area contributed by atoms with Crippen molar-refractivity contribution in [2.75, 3.05) is 18.9 Å². The summed E-state index contributed by atoms with van der Waals surface area (Å²) in [6.07, 6.45) is 3.46. The molecule has 29 heavy (non-hydrogen) atoms. The predicted molar refractivity (Wildman–Crippen MR) is 109 cm³/mol. The molecule has 0 spiro atoms. The second-order valence-corrected chi connectivity index (χ2v) is 8.96. The minimum atomic E-state index is -3.91. The number of nitrogens with zero attached hydrogens (tertiary/aromatic N) is 5. The topological polar surface area (TPSA) is 121 Å². The maximum absolute atomic E-state index is 13.1. The molecule has 0 aromatic carbocycles. The van der Waals surface area contributed by atoms with Gasteiger partial charge in [-0.15, -0.1) is 10.2 Å². The van der Waals surface area contributed by atoms with Crippen LogP contribution in [0.1, 0.15) is 57.4 Å². The molecular weight excluding hydrogens is 420 g/mol. The zero-order valence-corrected chi connectivity index (χ0v) is 18.7. The van der Waals surface area contributed by atoms with Crippen molar-refractivity contribution in [1.29, 1.82) is 0 Å². The minimum Gasteiger partial charge on any atom is -0.377 e. The van der Waals surface area contributed by atoms with E-state index >= 15 is 0 Å². The average Bonchev–Trinajstić information content (AvgIpc) is 3.07. The molecule has 1 N–H and O–H groups in total. The molecule has 2 aromatic rings. The van der Waals surface area contributed by atoms with Crippen LogP contribution >= 0.6 is 11.6 Å². The maximum Gasteiger partial charge on any atom is 0.240 e. The van der Waals surface area contributed by atoms with E-state index in [0.717, 1.165) is 12.8 Å². The number of anilines is 1. The van der Waals surface area contributed by atoms with Gasteiger partial charge in [-0.2, -0.15) is 0 Å². The van der Waals surface area contributed by atoms with Crippen LogP contribution in [0.2, 0.25) is 5.02 Å². The number of halogens is 1. The van der Waals surface area contributed by atoms with E-state index in [4.69, 9.17) is 21.1 Å². The zero-order chi connectivity index (χ0) is 21.6. The largest absolute Gasteiger partial charge is 0.377 e. The van der Waals surface area contributed by atoms with Crippen molar-refractivity contribution in [3.63, 3.8) is 0 Å². The van der Waals surface area contributed by atoms with Crippen LogP contribution in [0.5, 0.6) is 0 Å². The van der Waals surface area contributed by atoms with Crippen LogP contribution in [0.3, 0.4) is 0 Å². The van der Waals surface area contributed by atoms with Crippen LogP contribution in [0, 0.1) is 0 Å². The lowest BCUT2D eigenvalue weighted by molar-refractivity contribution is 0.0950. The van der Waals surface area contributed by atoms with Gasteiger partial charge in [-0.05, 0) is 19.8 Å². The second kappa shape index (κ2) is 10.3. The number of ether oxygens (including phenoxy) is 2. The van der Waals surface area contributed by atoms with Gasteiger partial charge in [0.2, 0.25) is 16.0 Å². The Morgan fingerprint density at radius 1 is 1.17 bits per heavy atom. The number of rotatable bonds is 11. The first-order chi connectivity index (χ1) is 13.8. The van der Waals surface area contributed by atoms with Crippen molar-refractivity contribution in [1.82, 2.24) is 24.7 Å². The number of hydrogen-bond acceptors (Lipinski definition) is 8. The Kier molecular flexibility index (Phi) is 8.32. The molecule has 0 amide bonds. The Morgan fingerprint density at radius 2 is 1.79 bits per heavy atom. The molecule has 2 rings (SSSR count). The van der Waals surface area contributed by atoms with Gasteiger partial charge in [0, 0.05) is 32.7 Å². The van der Waals surface area contributed by atoms with Gasteiger partial charge in [-0.25, -0.2) is 18.4 Å². The van der Waals surface area contributed by atoms with Gasteiger partial charge < -0.3 is 9.47 Å². The van der Waals surface area contributed by atoms with E-state index in [0.29, 0.717) is 10.8 Å². The van der Waals surface area contributed by atoms with Crippen molar-refractivity contribution in [2.24, 2.45) is 0 Å². The van der Waals surface area contributed by atoms with Gasteiger partial charge >= 0.3 is 0 Å². The highest BCUT2D eigenvalue weighted by Crippen LogP contribution is 2.27. The van der Waals surface area contributed by atoms with E-state index in [1.165, 1.54) is 26.4 Å². The molecule has 10 nitrogen and oxygen atoms in total. The van der Waals surface area contributed by atoms with Gasteiger partial charge in [0.15, 0.2) is 11.6 Å². The fourth-order valence-corrected chi connectivity index (χ4v) is 4.25. The lowest BCUT2D eigenvalue weighted by Crippen LogP contribution is -2.34. The smallest absolute Gasteiger partial charge is 0.240 e. The molecule has 0 fully saturated rings. The molecule has 0 aliphatic heterocycles. The standard InChI is InChI=1S/C17H27ClN6O4S/c1-6-13(7-2)24-14(10-27-4)21-22-17(24)23-29(25,26)11(3)15(28-5)16-19-8-12(18)9-20-16/h8-9,11,13,15H,6-7,10H2,1-5H3,(H,22,23). The minimum absolute atomic E-state index is 0.0287. The monoisotopic (exact) mass is 446 g/mol. The maximum atomic E-state index is 13.1. The van der Waals surface area contributed by atoms with Crippen molar-refractivity contribution < 1.29 is 17.9 Å². The van der Waals surface area contributed by atoms with Crippen LogP contribution < -0.4 is 4.72 Å². The van der Waals surface area contributed by atoms with E-state index < -0.39 is 21.4 Å².